The lowest BCUT2D eigenvalue weighted by Crippen LogP contribution is -2.12. The molecule has 0 spiro atoms. The Labute approximate surface area is 83.9 Å². The molecule has 1 atom stereocenters. The first-order chi connectivity index (χ1) is 6.60. The molecule has 78 valence electrons. The molecule has 0 aliphatic heterocycles. The molecule has 0 fully saturated rings. The van der Waals surface area contributed by atoms with Crippen LogP contribution in [0.3, 0.4) is 0 Å². The number of ether oxygens (including phenoxy) is 1. The minimum Gasteiger partial charge on any atom is -0.496 e. The topological polar surface area (TPSA) is 35.2 Å². The van der Waals surface area contributed by atoms with Crippen molar-refractivity contribution >= 4 is 0 Å². The van der Waals surface area contributed by atoms with Gasteiger partial charge >= 0.3 is 0 Å². The second-order valence-corrected chi connectivity index (χ2v) is 3.45. The molecule has 0 aliphatic carbocycles. The van der Waals surface area contributed by atoms with Crippen molar-refractivity contribution in [1.82, 2.24) is 0 Å². The maximum absolute atomic E-state index is 12.4. The van der Waals surface area contributed by atoms with Gasteiger partial charge in [-0.1, -0.05) is 12.1 Å². The van der Waals surface area contributed by atoms with Gasteiger partial charge in [0.2, 0.25) is 0 Å². The van der Waals surface area contributed by atoms with Crippen LogP contribution in [-0.4, -0.2) is 13.8 Å². The molecule has 0 amide bonds. The van der Waals surface area contributed by atoms with Crippen LogP contribution in [-0.2, 0) is 0 Å². The van der Waals surface area contributed by atoms with Gasteiger partial charge in [0.1, 0.15) is 12.4 Å². The molecule has 1 rings (SSSR count). The second kappa shape index (κ2) is 4.42. The Morgan fingerprint density at radius 2 is 1.86 bits per heavy atom. The molecular formula is C11H16FNO. The van der Waals surface area contributed by atoms with E-state index in [1.54, 1.807) is 7.11 Å². The summed E-state index contributed by atoms with van der Waals surface area (Å²) in [4.78, 5) is 0. The zero-order valence-corrected chi connectivity index (χ0v) is 8.80. The van der Waals surface area contributed by atoms with E-state index < -0.39 is 12.7 Å². The van der Waals surface area contributed by atoms with E-state index in [1.807, 2.05) is 26.0 Å². The fourth-order valence-electron chi connectivity index (χ4n) is 1.61. The summed E-state index contributed by atoms with van der Waals surface area (Å²) in [6.45, 7) is 3.33. The molecule has 0 bridgehead atoms. The van der Waals surface area contributed by atoms with Crippen LogP contribution in [0.5, 0.6) is 5.75 Å². The minimum atomic E-state index is -0.536. The van der Waals surface area contributed by atoms with Gasteiger partial charge in [0.05, 0.1) is 13.2 Å². The van der Waals surface area contributed by atoms with Crippen LogP contribution in [0.2, 0.25) is 0 Å². The normalized spacial score (nSPS) is 12.6. The SMILES string of the molecule is COc1c(C)cc(C(N)CF)cc1C. The van der Waals surface area contributed by atoms with Crippen LogP contribution in [0, 0.1) is 13.8 Å². The van der Waals surface area contributed by atoms with Crippen LogP contribution >= 0.6 is 0 Å². The Hall–Kier alpha value is -1.09. The van der Waals surface area contributed by atoms with Crippen molar-refractivity contribution < 1.29 is 9.13 Å². The summed E-state index contributed by atoms with van der Waals surface area (Å²) in [5.74, 6) is 0.847. The van der Waals surface area contributed by atoms with E-state index >= 15 is 0 Å². The predicted octanol–water partition coefficient (Wildman–Crippen LogP) is 2.28. The van der Waals surface area contributed by atoms with Crippen molar-refractivity contribution in [3.8, 4) is 5.75 Å². The Morgan fingerprint density at radius 3 is 2.21 bits per heavy atom. The standard InChI is InChI=1S/C11H16FNO/c1-7-4-9(10(13)6-12)5-8(2)11(7)14-3/h4-5,10H,6,13H2,1-3H3. The molecule has 0 aliphatic rings. The smallest absolute Gasteiger partial charge is 0.124 e. The van der Waals surface area contributed by atoms with Crippen molar-refractivity contribution in [2.75, 3.05) is 13.8 Å². The second-order valence-electron chi connectivity index (χ2n) is 3.45. The van der Waals surface area contributed by atoms with E-state index in [0.29, 0.717) is 0 Å². The van der Waals surface area contributed by atoms with E-state index in [4.69, 9.17) is 10.5 Å². The van der Waals surface area contributed by atoms with Gasteiger partial charge in [0, 0.05) is 0 Å². The highest BCUT2D eigenvalue weighted by Gasteiger charge is 2.10. The van der Waals surface area contributed by atoms with Crippen LogP contribution in [0.4, 0.5) is 4.39 Å². The fraction of sp³-hybridized carbons (Fsp3) is 0.455. The van der Waals surface area contributed by atoms with E-state index in [2.05, 4.69) is 0 Å². The average molecular weight is 197 g/mol. The summed E-state index contributed by atoms with van der Waals surface area (Å²) >= 11 is 0. The van der Waals surface area contributed by atoms with Crippen LogP contribution in [0.25, 0.3) is 0 Å². The number of hydrogen-bond acceptors (Lipinski definition) is 2. The van der Waals surface area contributed by atoms with Crippen LogP contribution in [0.15, 0.2) is 12.1 Å². The summed E-state index contributed by atoms with van der Waals surface area (Å²) < 4.78 is 17.6. The van der Waals surface area contributed by atoms with E-state index in [0.717, 1.165) is 22.4 Å². The van der Waals surface area contributed by atoms with Gasteiger partial charge in [0.15, 0.2) is 0 Å². The number of halogens is 1. The molecular weight excluding hydrogens is 181 g/mol. The van der Waals surface area contributed by atoms with Crippen molar-refractivity contribution in [3.63, 3.8) is 0 Å². The number of hydrogen-bond donors (Lipinski definition) is 1. The number of rotatable bonds is 3. The molecule has 2 nitrogen and oxygen atoms in total. The van der Waals surface area contributed by atoms with Crippen molar-refractivity contribution in [3.05, 3.63) is 28.8 Å². The van der Waals surface area contributed by atoms with Crippen LogP contribution in [0.1, 0.15) is 22.7 Å². The van der Waals surface area contributed by atoms with Gasteiger partial charge in [0.25, 0.3) is 0 Å². The third-order valence-corrected chi connectivity index (χ3v) is 2.28. The van der Waals surface area contributed by atoms with Gasteiger partial charge in [-0.15, -0.1) is 0 Å². The molecule has 0 aromatic heterocycles. The molecule has 1 aromatic carbocycles. The molecule has 1 aromatic rings. The summed E-state index contributed by atoms with van der Waals surface area (Å²) in [6, 6.07) is 3.21. The highest BCUT2D eigenvalue weighted by atomic mass is 19.1. The number of aryl methyl sites for hydroxylation is 2. The molecule has 1 unspecified atom stereocenters. The third-order valence-electron chi connectivity index (χ3n) is 2.28. The lowest BCUT2D eigenvalue weighted by Gasteiger charge is -2.13. The van der Waals surface area contributed by atoms with Gasteiger partial charge in [-0.2, -0.15) is 0 Å². The molecule has 3 heteroatoms. The maximum Gasteiger partial charge on any atom is 0.124 e. The predicted molar refractivity (Wildman–Crippen MR) is 55.4 cm³/mol. The quantitative estimate of drug-likeness (QED) is 0.806. The summed E-state index contributed by atoms with van der Waals surface area (Å²) in [5, 5.41) is 0. The molecule has 0 saturated carbocycles. The molecule has 0 saturated heterocycles. The number of methoxy groups -OCH3 is 1. The monoisotopic (exact) mass is 197 g/mol. The van der Waals surface area contributed by atoms with Gasteiger partial charge in [-0.05, 0) is 30.5 Å². The Morgan fingerprint density at radius 1 is 1.36 bits per heavy atom. The first-order valence-corrected chi connectivity index (χ1v) is 4.56. The summed E-state index contributed by atoms with van der Waals surface area (Å²) in [7, 11) is 1.63. The number of alkyl halides is 1. The number of benzene rings is 1. The zero-order chi connectivity index (χ0) is 10.7. The average Bonchev–Trinajstić information content (AvgIpc) is 2.16. The molecule has 0 radical (unpaired) electrons. The molecule has 0 heterocycles. The lowest BCUT2D eigenvalue weighted by molar-refractivity contribution is 0.407. The summed E-state index contributed by atoms with van der Waals surface area (Å²) in [5.41, 5.74) is 8.41. The molecule has 14 heavy (non-hydrogen) atoms. The highest BCUT2D eigenvalue weighted by molar-refractivity contribution is 5.44. The van der Waals surface area contributed by atoms with E-state index in [-0.39, 0.29) is 0 Å². The van der Waals surface area contributed by atoms with Gasteiger partial charge in [-0.3, -0.25) is 0 Å². The first kappa shape index (κ1) is 11.0. The van der Waals surface area contributed by atoms with E-state index in [9.17, 15) is 4.39 Å². The fourth-order valence-corrected chi connectivity index (χ4v) is 1.61. The van der Waals surface area contributed by atoms with Gasteiger partial charge < -0.3 is 10.5 Å². The Bertz CT molecular complexity index is 302. The lowest BCUT2D eigenvalue weighted by atomic mass is 10.0. The minimum absolute atomic E-state index is 0.529. The van der Waals surface area contributed by atoms with Crippen LogP contribution < -0.4 is 10.5 Å². The Balaban J connectivity index is 3.13. The third kappa shape index (κ3) is 2.04. The number of nitrogens with two attached hydrogens (primary N) is 1. The van der Waals surface area contributed by atoms with Crippen molar-refractivity contribution in [2.24, 2.45) is 5.73 Å². The maximum atomic E-state index is 12.4. The van der Waals surface area contributed by atoms with Crippen molar-refractivity contribution in [2.45, 2.75) is 19.9 Å². The highest BCUT2D eigenvalue weighted by Crippen LogP contribution is 2.26. The zero-order valence-electron chi connectivity index (χ0n) is 8.80. The largest absolute Gasteiger partial charge is 0.496 e. The summed E-state index contributed by atoms with van der Waals surface area (Å²) in [6.07, 6.45) is 0. The molecule has 2 N–H and O–H groups in total. The van der Waals surface area contributed by atoms with Crippen molar-refractivity contribution in [1.29, 1.82) is 0 Å². The first-order valence-electron chi connectivity index (χ1n) is 4.56. The van der Waals surface area contributed by atoms with E-state index in [1.165, 1.54) is 0 Å². The Kier molecular flexibility index (Phi) is 3.47. The van der Waals surface area contributed by atoms with Gasteiger partial charge in [-0.25, -0.2) is 4.39 Å².